The molecule has 0 saturated heterocycles. The molecule has 0 amide bonds. The molecule has 2 aromatic rings. The number of pyridine rings is 1. The van der Waals surface area contributed by atoms with Gasteiger partial charge in [-0.2, -0.15) is 0 Å². The standard InChI is InChI=1S/C12H11BrN2.C3H6/c13-10-4-3-8-6-9-2-1-5-14-12(9)15-11(8)7-10;1-2-3-1/h3-4,6-7H,1-2,5H2,(H,14,15);1-3H2. The van der Waals surface area contributed by atoms with Gasteiger partial charge < -0.3 is 5.32 Å². The van der Waals surface area contributed by atoms with Gasteiger partial charge in [0.25, 0.3) is 0 Å². The van der Waals surface area contributed by atoms with Crippen LogP contribution in [0.15, 0.2) is 28.7 Å². The molecule has 1 aliphatic heterocycles. The highest BCUT2D eigenvalue weighted by molar-refractivity contribution is 9.10. The maximum atomic E-state index is 4.64. The first-order valence-electron chi connectivity index (χ1n) is 6.66. The van der Waals surface area contributed by atoms with Crippen molar-refractivity contribution in [1.82, 2.24) is 4.98 Å². The van der Waals surface area contributed by atoms with Gasteiger partial charge in [-0.1, -0.05) is 41.3 Å². The molecule has 1 N–H and O–H groups in total. The minimum atomic E-state index is 1.04. The Kier molecular flexibility index (Phi) is 3.50. The average Bonchev–Trinajstić information content (AvgIpc) is 3.24. The van der Waals surface area contributed by atoms with Crippen molar-refractivity contribution in [2.24, 2.45) is 0 Å². The van der Waals surface area contributed by atoms with E-state index < -0.39 is 0 Å². The number of fused-ring (bicyclic) bond motifs is 2. The van der Waals surface area contributed by atoms with Crippen molar-refractivity contribution in [3.05, 3.63) is 34.3 Å². The molecule has 1 aliphatic carbocycles. The highest BCUT2D eigenvalue weighted by Crippen LogP contribution is 2.26. The predicted molar refractivity (Wildman–Crippen MR) is 80.1 cm³/mol. The second-order valence-electron chi connectivity index (χ2n) is 4.92. The van der Waals surface area contributed by atoms with Crippen molar-refractivity contribution in [2.75, 3.05) is 11.9 Å². The molecule has 1 aromatic carbocycles. The number of aromatic nitrogens is 1. The third kappa shape index (κ3) is 2.83. The number of rotatable bonds is 0. The average molecular weight is 305 g/mol. The smallest absolute Gasteiger partial charge is 0.129 e. The summed E-state index contributed by atoms with van der Waals surface area (Å²) in [6.45, 7) is 1.04. The number of hydrogen-bond acceptors (Lipinski definition) is 2. The molecule has 3 heteroatoms. The lowest BCUT2D eigenvalue weighted by molar-refractivity contribution is 0.821. The van der Waals surface area contributed by atoms with Crippen molar-refractivity contribution in [3.8, 4) is 0 Å². The van der Waals surface area contributed by atoms with Gasteiger partial charge >= 0.3 is 0 Å². The van der Waals surface area contributed by atoms with Crippen molar-refractivity contribution in [2.45, 2.75) is 32.1 Å². The Hall–Kier alpha value is -1.09. The summed E-state index contributed by atoms with van der Waals surface area (Å²) in [4.78, 5) is 4.64. The minimum Gasteiger partial charge on any atom is -0.370 e. The Morgan fingerprint density at radius 3 is 2.67 bits per heavy atom. The van der Waals surface area contributed by atoms with E-state index in [-0.39, 0.29) is 0 Å². The zero-order chi connectivity index (χ0) is 12.4. The Labute approximate surface area is 116 Å². The molecule has 1 fully saturated rings. The maximum absolute atomic E-state index is 4.64. The molecule has 0 bridgehead atoms. The van der Waals surface area contributed by atoms with E-state index in [1.807, 2.05) is 0 Å². The van der Waals surface area contributed by atoms with E-state index in [0.29, 0.717) is 0 Å². The summed E-state index contributed by atoms with van der Waals surface area (Å²) in [5.41, 5.74) is 2.40. The van der Waals surface area contributed by atoms with E-state index in [2.05, 4.69) is 50.5 Å². The third-order valence-corrected chi connectivity index (χ3v) is 3.62. The fourth-order valence-corrected chi connectivity index (χ4v) is 2.36. The molecule has 0 radical (unpaired) electrons. The van der Waals surface area contributed by atoms with E-state index in [1.54, 1.807) is 0 Å². The van der Waals surface area contributed by atoms with E-state index in [1.165, 1.54) is 36.6 Å². The van der Waals surface area contributed by atoms with Gasteiger partial charge in [-0.15, -0.1) is 0 Å². The summed E-state index contributed by atoms with van der Waals surface area (Å²) >= 11 is 3.47. The molecular weight excluding hydrogens is 288 g/mol. The summed E-state index contributed by atoms with van der Waals surface area (Å²) in [5, 5.41) is 4.57. The van der Waals surface area contributed by atoms with Crippen LogP contribution in [0.25, 0.3) is 10.9 Å². The Bertz CT molecular complexity index is 561. The van der Waals surface area contributed by atoms with Crippen molar-refractivity contribution in [1.29, 1.82) is 0 Å². The summed E-state index contributed by atoms with van der Waals surface area (Å²) in [7, 11) is 0. The summed E-state index contributed by atoms with van der Waals surface area (Å²) in [6.07, 6.45) is 6.85. The molecule has 2 nitrogen and oxygen atoms in total. The van der Waals surface area contributed by atoms with Gasteiger partial charge in [0.15, 0.2) is 0 Å². The fourth-order valence-electron chi connectivity index (χ4n) is 2.01. The number of nitrogens with one attached hydrogen (secondary N) is 1. The predicted octanol–water partition coefficient (Wildman–Crippen LogP) is 4.53. The van der Waals surface area contributed by atoms with Crippen molar-refractivity contribution < 1.29 is 0 Å². The van der Waals surface area contributed by atoms with Crippen LogP contribution in [-0.2, 0) is 6.42 Å². The van der Waals surface area contributed by atoms with Crippen LogP contribution in [0.5, 0.6) is 0 Å². The SMILES string of the molecule is Brc1ccc2cc3c(nc2c1)NCCC3.C1CC1. The Morgan fingerprint density at radius 2 is 1.89 bits per heavy atom. The van der Waals surface area contributed by atoms with Gasteiger partial charge in [0.2, 0.25) is 0 Å². The first kappa shape index (κ1) is 12.0. The summed E-state index contributed by atoms with van der Waals surface area (Å²) in [6, 6.07) is 8.48. The summed E-state index contributed by atoms with van der Waals surface area (Å²) < 4.78 is 1.08. The van der Waals surface area contributed by atoms with Gasteiger partial charge in [-0.25, -0.2) is 4.98 Å². The lowest BCUT2D eigenvalue weighted by atomic mass is 10.0. The van der Waals surface area contributed by atoms with Gasteiger partial charge in [0.05, 0.1) is 5.52 Å². The first-order chi connectivity index (χ1) is 8.83. The van der Waals surface area contributed by atoms with Gasteiger partial charge in [0, 0.05) is 16.4 Å². The molecule has 0 spiro atoms. The highest BCUT2D eigenvalue weighted by Gasteiger charge is 2.10. The normalized spacial score (nSPS) is 16.3. The third-order valence-electron chi connectivity index (χ3n) is 3.13. The zero-order valence-corrected chi connectivity index (χ0v) is 12.0. The largest absolute Gasteiger partial charge is 0.370 e. The van der Waals surface area contributed by atoms with Crippen LogP contribution in [0.3, 0.4) is 0 Å². The van der Waals surface area contributed by atoms with Crippen molar-refractivity contribution in [3.63, 3.8) is 0 Å². The van der Waals surface area contributed by atoms with Crippen LogP contribution in [-0.4, -0.2) is 11.5 Å². The molecule has 1 saturated carbocycles. The molecule has 18 heavy (non-hydrogen) atoms. The van der Waals surface area contributed by atoms with Crippen LogP contribution in [0.2, 0.25) is 0 Å². The second kappa shape index (κ2) is 5.27. The number of aryl methyl sites for hydroxylation is 1. The Balaban J connectivity index is 0.000000293. The van der Waals surface area contributed by atoms with Crippen LogP contribution < -0.4 is 5.32 Å². The number of nitrogens with zero attached hydrogens (tertiary/aromatic N) is 1. The van der Waals surface area contributed by atoms with Gasteiger partial charge in [0.1, 0.15) is 5.82 Å². The number of halogens is 1. The van der Waals surface area contributed by atoms with Crippen LogP contribution >= 0.6 is 15.9 Å². The molecule has 2 aliphatic rings. The lowest BCUT2D eigenvalue weighted by Crippen LogP contribution is -2.13. The fraction of sp³-hybridized carbons (Fsp3) is 0.400. The molecule has 4 rings (SSSR count). The topological polar surface area (TPSA) is 24.9 Å². The monoisotopic (exact) mass is 304 g/mol. The lowest BCUT2D eigenvalue weighted by Gasteiger charge is -2.17. The van der Waals surface area contributed by atoms with Gasteiger partial charge in [-0.3, -0.25) is 0 Å². The maximum Gasteiger partial charge on any atom is 0.129 e. The molecule has 0 unspecified atom stereocenters. The number of anilines is 1. The molecule has 1 aromatic heterocycles. The quantitative estimate of drug-likeness (QED) is 0.773. The highest BCUT2D eigenvalue weighted by atomic mass is 79.9. The van der Waals surface area contributed by atoms with E-state index in [9.17, 15) is 0 Å². The second-order valence-corrected chi connectivity index (χ2v) is 5.84. The van der Waals surface area contributed by atoms with E-state index >= 15 is 0 Å². The van der Waals surface area contributed by atoms with Crippen LogP contribution in [0.4, 0.5) is 5.82 Å². The molecule has 2 heterocycles. The molecule has 0 atom stereocenters. The summed E-state index contributed by atoms with van der Waals surface area (Å²) in [5.74, 6) is 1.06. The number of benzene rings is 1. The van der Waals surface area contributed by atoms with Crippen LogP contribution in [0, 0.1) is 0 Å². The molecular formula is C15H17BrN2. The van der Waals surface area contributed by atoms with Gasteiger partial charge in [-0.05, 0) is 36.6 Å². The van der Waals surface area contributed by atoms with E-state index in [4.69, 9.17) is 0 Å². The molecule has 94 valence electrons. The Morgan fingerprint density at radius 1 is 1.06 bits per heavy atom. The minimum absolute atomic E-state index is 1.04. The first-order valence-corrected chi connectivity index (χ1v) is 7.45. The van der Waals surface area contributed by atoms with Crippen molar-refractivity contribution >= 4 is 32.7 Å². The zero-order valence-electron chi connectivity index (χ0n) is 10.4. The number of hydrogen-bond donors (Lipinski definition) is 1. The van der Waals surface area contributed by atoms with Crippen LogP contribution in [0.1, 0.15) is 31.2 Å². The van der Waals surface area contributed by atoms with E-state index in [0.717, 1.165) is 28.8 Å².